The molecule has 98 valence electrons. The van der Waals surface area contributed by atoms with Gasteiger partial charge in [-0.15, -0.1) is 0 Å². The molecule has 0 spiro atoms. The Balaban J connectivity index is 1.95. The van der Waals surface area contributed by atoms with E-state index in [9.17, 15) is 4.79 Å². The number of nitrogens with zero attached hydrogens (tertiary/aromatic N) is 1. The molecular weight excluding hydrogens is 214 g/mol. The van der Waals surface area contributed by atoms with Crippen molar-refractivity contribution in [3.05, 3.63) is 0 Å². The number of rotatable bonds is 3. The van der Waals surface area contributed by atoms with Crippen LogP contribution >= 0.6 is 0 Å². The minimum Gasteiger partial charge on any atom is -0.293 e. The van der Waals surface area contributed by atoms with Gasteiger partial charge >= 0.3 is 0 Å². The molecule has 1 saturated heterocycles. The van der Waals surface area contributed by atoms with Gasteiger partial charge in [-0.25, -0.2) is 5.84 Å². The number of nitrogens with two attached hydrogens (primary N) is 1. The predicted octanol–water partition coefficient (Wildman–Crippen LogP) is 1.27. The average molecular weight is 239 g/mol. The number of hydrogen-bond acceptors (Lipinski definition) is 3. The summed E-state index contributed by atoms with van der Waals surface area (Å²) in [5, 5.41) is 0. The molecule has 1 aliphatic heterocycles. The molecule has 0 radical (unpaired) electrons. The van der Waals surface area contributed by atoms with Gasteiger partial charge in [0, 0.05) is 6.54 Å². The maximum absolute atomic E-state index is 11.7. The van der Waals surface area contributed by atoms with Crippen LogP contribution in [0.1, 0.15) is 45.4 Å². The highest BCUT2D eigenvalue weighted by Crippen LogP contribution is 2.36. The number of carbonyl (C=O) groups is 1. The lowest BCUT2D eigenvalue weighted by Gasteiger charge is -2.43. The van der Waals surface area contributed by atoms with Gasteiger partial charge in [-0.3, -0.25) is 15.1 Å². The maximum atomic E-state index is 11.7. The fourth-order valence-corrected chi connectivity index (χ4v) is 3.62. The maximum Gasteiger partial charge on any atom is 0.251 e. The molecule has 0 aromatic rings. The first-order valence-electron chi connectivity index (χ1n) is 7.00. The van der Waals surface area contributed by atoms with Crippen molar-refractivity contribution in [1.82, 2.24) is 10.3 Å². The lowest BCUT2D eigenvalue weighted by molar-refractivity contribution is -0.128. The average Bonchev–Trinajstić information content (AvgIpc) is 2.39. The van der Waals surface area contributed by atoms with E-state index in [1.807, 2.05) is 0 Å². The summed E-state index contributed by atoms with van der Waals surface area (Å²) in [5.41, 5.74) is 2.30. The molecule has 4 nitrogen and oxygen atoms in total. The number of amides is 1. The largest absolute Gasteiger partial charge is 0.293 e. The first-order valence-corrected chi connectivity index (χ1v) is 7.00. The summed E-state index contributed by atoms with van der Waals surface area (Å²) >= 11 is 0. The van der Waals surface area contributed by atoms with E-state index in [0.717, 1.165) is 31.3 Å². The lowest BCUT2D eigenvalue weighted by atomic mass is 9.75. The van der Waals surface area contributed by atoms with Crippen LogP contribution in [0.4, 0.5) is 0 Å². The number of piperidine rings is 1. The minimum atomic E-state index is -0.0261. The smallest absolute Gasteiger partial charge is 0.251 e. The molecule has 0 aromatic heterocycles. The van der Waals surface area contributed by atoms with Crippen molar-refractivity contribution in [2.75, 3.05) is 13.1 Å². The Hall–Kier alpha value is -0.610. The second-order valence-electron chi connectivity index (χ2n) is 5.52. The van der Waals surface area contributed by atoms with Gasteiger partial charge in [-0.2, -0.15) is 0 Å². The van der Waals surface area contributed by atoms with Crippen LogP contribution in [0.3, 0.4) is 0 Å². The van der Waals surface area contributed by atoms with Crippen molar-refractivity contribution in [3.8, 4) is 0 Å². The first kappa shape index (κ1) is 12.8. The van der Waals surface area contributed by atoms with Crippen LogP contribution in [0, 0.1) is 11.8 Å². The second-order valence-corrected chi connectivity index (χ2v) is 5.52. The van der Waals surface area contributed by atoms with Gasteiger partial charge in [0.1, 0.15) is 0 Å². The molecular formula is C13H25N3O. The zero-order chi connectivity index (χ0) is 12.3. The van der Waals surface area contributed by atoms with E-state index in [1.165, 1.54) is 32.1 Å². The second kappa shape index (κ2) is 5.83. The molecule has 1 amide bonds. The third-order valence-corrected chi connectivity index (χ3v) is 4.59. The van der Waals surface area contributed by atoms with Crippen LogP contribution in [-0.2, 0) is 4.79 Å². The van der Waals surface area contributed by atoms with Crippen LogP contribution in [0.15, 0.2) is 0 Å². The number of hydrazine groups is 1. The predicted molar refractivity (Wildman–Crippen MR) is 68.0 cm³/mol. The quantitative estimate of drug-likeness (QED) is 0.443. The van der Waals surface area contributed by atoms with Crippen LogP contribution in [0.5, 0.6) is 0 Å². The summed E-state index contributed by atoms with van der Waals surface area (Å²) in [6.45, 7) is 4.22. The Morgan fingerprint density at radius 1 is 1.35 bits per heavy atom. The third kappa shape index (κ3) is 2.80. The summed E-state index contributed by atoms with van der Waals surface area (Å²) in [6.07, 6.45) is 7.64. The van der Waals surface area contributed by atoms with Gasteiger partial charge in [0.15, 0.2) is 0 Å². The summed E-state index contributed by atoms with van der Waals surface area (Å²) in [6, 6.07) is -0.0251. The standard InChI is InChI=1S/C13H25N3O/c1-2-12(13(17)15-14)16-8-7-10-5-3-4-6-11(10)9-16/h10-12H,2-9,14H2,1H3,(H,15,17). The van der Waals surface area contributed by atoms with Crippen molar-refractivity contribution < 1.29 is 4.79 Å². The van der Waals surface area contributed by atoms with Crippen LogP contribution in [0.25, 0.3) is 0 Å². The Kier molecular flexibility index (Phi) is 4.40. The molecule has 0 bridgehead atoms. The molecule has 0 aromatic carbocycles. The molecule has 17 heavy (non-hydrogen) atoms. The van der Waals surface area contributed by atoms with Gasteiger partial charge < -0.3 is 0 Å². The van der Waals surface area contributed by atoms with E-state index in [-0.39, 0.29) is 11.9 Å². The molecule has 2 rings (SSSR count). The van der Waals surface area contributed by atoms with Crippen molar-refractivity contribution in [1.29, 1.82) is 0 Å². The summed E-state index contributed by atoms with van der Waals surface area (Å²) in [5.74, 6) is 6.97. The molecule has 1 aliphatic carbocycles. The van der Waals surface area contributed by atoms with Gasteiger partial charge in [-0.05, 0) is 37.6 Å². The van der Waals surface area contributed by atoms with E-state index < -0.39 is 0 Å². The topological polar surface area (TPSA) is 58.4 Å². The highest BCUT2D eigenvalue weighted by molar-refractivity contribution is 5.81. The normalized spacial score (nSPS) is 31.6. The van der Waals surface area contributed by atoms with Gasteiger partial charge in [0.25, 0.3) is 5.91 Å². The van der Waals surface area contributed by atoms with Gasteiger partial charge in [-0.1, -0.05) is 26.2 Å². The van der Waals surface area contributed by atoms with Crippen molar-refractivity contribution in [2.24, 2.45) is 17.7 Å². The fraction of sp³-hybridized carbons (Fsp3) is 0.923. The molecule has 4 heteroatoms. The molecule has 3 atom stereocenters. The van der Waals surface area contributed by atoms with E-state index in [4.69, 9.17) is 5.84 Å². The van der Waals surface area contributed by atoms with Gasteiger partial charge in [0.2, 0.25) is 0 Å². The van der Waals surface area contributed by atoms with Crippen LogP contribution < -0.4 is 11.3 Å². The summed E-state index contributed by atoms with van der Waals surface area (Å²) in [4.78, 5) is 14.1. The molecule has 3 N–H and O–H groups in total. The molecule has 2 fully saturated rings. The Bertz CT molecular complexity index is 269. The lowest BCUT2D eigenvalue weighted by Crippen LogP contribution is -2.53. The molecule has 3 unspecified atom stereocenters. The van der Waals surface area contributed by atoms with E-state index in [2.05, 4.69) is 17.2 Å². The van der Waals surface area contributed by atoms with E-state index in [0.29, 0.717) is 0 Å². The van der Waals surface area contributed by atoms with E-state index >= 15 is 0 Å². The zero-order valence-corrected chi connectivity index (χ0v) is 10.8. The highest BCUT2D eigenvalue weighted by atomic mass is 16.2. The SMILES string of the molecule is CCC(C(=O)NN)N1CCC2CCCCC2C1. The van der Waals surface area contributed by atoms with Crippen molar-refractivity contribution in [3.63, 3.8) is 0 Å². The van der Waals surface area contributed by atoms with E-state index in [1.54, 1.807) is 0 Å². The first-order chi connectivity index (χ1) is 8.26. The highest BCUT2D eigenvalue weighted by Gasteiger charge is 2.35. The minimum absolute atomic E-state index is 0.0251. The summed E-state index contributed by atoms with van der Waals surface area (Å²) in [7, 11) is 0. The number of carbonyl (C=O) groups excluding carboxylic acids is 1. The Morgan fingerprint density at radius 3 is 2.71 bits per heavy atom. The molecule has 2 aliphatic rings. The van der Waals surface area contributed by atoms with Crippen molar-refractivity contribution >= 4 is 5.91 Å². The molecule has 1 heterocycles. The Morgan fingerprint density at radius 2 is 2.06 bits per heavy atom. The van der Waals surface area contributed by atoms with Crippen LogP contribution in [-0.4, -0.2) is 29.9 Å². The Labute approximate surface area is 104 Å². The zero-order valence-electron chi connectivity index (χ0n) is 10.8. The monoisotopic (exact) mass is 239 g/mol. The summed E-state index contributed by atoms with van der Waals surface area (Å²) < 4.78 is 0. The fourth-order valence-electron chi connectivity index (χ4n) is 3.62. The number of likely N-dealkylation sites (tertiary alicyclic amines) is 1. The number of hydrogen-bond donors (Lipinski definition) is 2. The number of nitrogens with one attached hydrogen (secondary N) is 1. The number of fused-ring (bicyclic) bond motifs is 1. The van der Waals surface area contributed by atoms with Crippen LogP contribution in [0.2, 0.25) is 0 Å². The van der Waals surface area contributed by atoms with Crippen molar-refractivity contribution in [2.45, 2.75) is 51.5 Å². The van der Waals surface area contributed by atoms with Gasteiger partial charge in [0.05, 0.1) is 6.04 Å². The molecule has 1 saturated carbocycles. The third-order valence-electron chi connectivity index (χ3n) is 4.59.